The molecule has 0 radical (unpaired) electrons. The highest BCUT2D eigenvalue weighted by atomic mass is 15.1. The van der Waals surface area contributed by atoms with Gasteiger partial charge in [0.1, 0.15) is 0 Å². The van der Waals surface area contributed by atoms with Crippen LogP contribution in [0.3, 0.4) is 0 Å². The molecule has 0 atom stereocenters. The van der Waals surface area contributed by atoms with Crippen LogP contribution in [0.15, 0.2) is 42.5 Å². The fourth-order valence-electron chi connectivity index (χ4n) is 4.97. The van der Waals surface area contributed by atoms with Crippen LogP contribution in [0.4, 0.5) is 5.69 Å². The maximum absolute atomic E-state index is 2.68. The van der Waals surface area contributed by atoms with E-state index in [-0.39, 0.29) is 0 Å². The third-order valence-corrected chi connectivity index (χ3v) is 7.16. The number of benzene rings is 2. The average molecular weight is 452 g/mol. The molecule has 0 aliphatic carbocycles. The molecule has 0 N–H and O–H groups in total. The van der Waals surface area contributed by atoms with Gasteiger partial charge in [0, 0.05) is 18.8 Å². The standard InChI is InChI=1S/C32H53N/c1-3-5-7-9-11-13-15-17-21-27-33(28-22-18-16-14-12-10-8-6-4-2)32-26-25-30-23-19-20-24-31(30)29-32/h19-20,23-26,29H,3-18,21-22,27-28H2,1-2H3. The van der Waals surface area contributed by atoms with E-state index in [0.29, 0.717) is 0 Å². The van der Waals surface area contributed by atoms with Gasteiger partial charge in [-0.25, -0.2) is 0 Å². The van der Waals surface area contributed by atoms with Gasteiger partial charge in [0.25, 0.3) is 0 Å². The first-order valence-corrected chi connectivity index (χ1v) is 14.6. The minimum Gasteiger partial charge on any atom is -0.372 e. The first-order valence-electron chi connectivity index (χ1n) is 14.6. The summed E-state index contributed by atoms with van der Waals surface area (Å²) in [6, 6.07) is 15.9. The van der Waals surface area contributed by atoms with Crippen molar-refractivity contribution in [1.82, 2.24) is 0 Å². The minimum absolute atomic E-state index is 1.21. The average Bonchev–Trinajstić information content (AvgIpc) is 2.85. The molecule has 186 valence electrons. The molecular weight excluding hydrogens is 398 g/mol. The van der Waals surface area contributed by atoms with Crippen LogP contribution >= 0.6 is 0 Å². The van der Waals surface area contributed by atoms with Gasteiger partial charge < -0.3 is 4.90 Å². The van der Waals surface area contributed by atoms with Crippen LogP contribution in [0.2, 0.25) is 0 Å². The van der Waals surface area contributed by atoms with E-state index >= 15 is 0 Å². The highest BCUT2D eigenvalue weighted by Gasteiger charge is 2.07. The van der Waals surface area contributed by atoms with Crippen molar-refractivity contribution in [2.24, 2.45) is 0 Å². The Hall–Kier alpha value is -1.50. The van der Waals surface area contributed by atoms with E-state index in [1.54, 1.807) is 0 Å². The maximum atomic E-state index is 2.68. The summed E-state index contributed by atoms with van der Waals surface area (Å²) >= 11 is 0. The van der Waals surface area contributed by atoms with Gasteiger partial charge in [0.05, 0.1) is 0 Å². The lowest BCUT2D eigenvalue weighted by atomic mass is 10.1. The second-order valence-electron chi connectivity index (χ2n) is 10.2. The van der Waals surface area contributed by atoms with E-state index in [4.69, 9.17) is 0 Å². The topological polar surface area (TPSA) is 3.24 Å². The predicted octanol–water partition coefficient (Wildman–Crippen LogP) is 10.7. The number of hydrogen-bond donors (Lipinski definition) is 0. The summed E-state index contributed by atoms with van der Waals surface area (Å²) in [5.41, 5.74) is 1.42. The van der Waals surface area contributed by atoms with Crippen LogP contribution in [-0.4, -0.2) is 13.1 Å². The fraction of sp³-hybridized carbons (Fsp3) is 0.688. The van der Waals surface area contributed by atoms with E-state index in [0.717, 1.165) is 0 Å². The minimum atomic E-state index is 1.21. The van der Waals surface area contributed by atoms with Crippen molar-refractivity contribution in [3.05, 3.63) is 42.5 Å². The zero-order chi connectivity index (χ0) is 23.4. The molecule has 0 fully saturated rings. The summed E-state index contributed by atoms with van der Waals surface area (Å²) in [5, 5.41) is 2.73. The van der Waals surface area contributed by atoms with E-state index in [1.807, 2.05) is 0 Å². The number of fused-ring (bicyclic) bond motifs is 1. The monoisotopic (exact) mass is 451 g/mol. The number of unbranched alkanes of at least 4 members (excludes halogenated alkanes) is 16. The van der Waals surface area contributed by atoms with Crippen molar-refractivity contribution in [2.45, 2.75) is 129 Å². The Labute approximate surface area is 206 Å². The lowest BCUT2D eigenvalue weighted by Crippen LogP contribution is -2.25. The molecular formula is C32H53N. The highest BCUT2D eigenvalue weighted by molar-refractivity contribution is 5.85. The smallest absolute Gasteiger partial charge is 0.0372 e. The van der Waals surface area contributed by atoms with E-state index in [1.165, 1.54) is 145 Å². The van der Waals surface area contributed by atoms with Crippen molar-refractivity contribution in [3.8, 4) is 0 Å². The molecule has 0 aromatic heterocycles. The molecule has 2 rings (SSSR count). The third-order valence-electron chi connectivity index (χ3n) is 7.16. The summed E-state index contributed by atoms with van der Waals surface area (Å²) in [5.74, 6) is 0. The Morgan fingerprint density at radius 2 is 0.879 bits per heavy atom. The fourth-order valence-corrected chi connectivity index (χ4v) is 4.97. The van der Waals surface area contributed by atoms with Gasteiger partial charge in [0.2, 0.25) is 0 Å². The molecule has 0 saturated carbocycles. The first-order chi connectivity index (χ1) is 16.3. The lowest BCUT2D eigenvalue weighted by molar-refractivity contribution is 0.548. The van der Waals surface area contributed by atoms with E-state index in [9.17, 15) is 0 Å². The predicted molar refractivity (Wildman–Crippen MR) is 151 cm³/mol. The van der Waals surface area contributed by atoms with Crippen LogP contribution in [0.5, 0.6) is 0 Å². The van der Waals surface area contributed by atoms with Gasteiger partial charge >= 0.3 is 0 Å². The van der Waals surface area contributed by atoms with Crippen molar-refractivity contribution >= 4 is 16.5 Å². The van der Waals surface area contributed by atoms with E-state index in [2.05, 4.69) is 61.2 Å². The van der Waals surface area contributed by atoms with Crippen molar-refractivity contribution in [1.29, 1.82) is 0 Å². The van der Waals surface area contributed by atoms with Gasteiger partial charge in [-0.1, -0.05) is 147 Å². The molecule has 0 unspecified atom stereocenters. The Balaban J connectivity index is 1.73. The zero-order valence-electron chi connectivity index (χ0n) is 22.1. The molecule has 0 heterocycles. The molecule has 2 aromatic rings. The lowest BCUT2D eigenvalue weighted by Gasteiger charge is -2.25. The van der Waals surface area contributed by atoms with Crippen LogP contribution in [-0.2, 0) is 0 Å². The van der Waals surface area contributed by atoms with Crippen LogP contribution in [0.1, 0.15) is 129 Å². The summed E-state index contributed by atoms with van der Waals surface area (Å²) in [4.78, 5) is 2.68. The Morgan fingerprint density at radius 3 is 1.36 bits per heavy atom. The van der Waals surface area contributed by atoms with Gasteiger partial charge in [0.15, 0.2) is 0 Å². The van der Waals surface area contributed by atoms with Crippen LogP contribution in [0, 0.1) is 0 Å². The van der Waals surface area contributed by atoms with Gasteiger partial charge in [-0.3, -0.25) is 0 Å². The Morgan fingerprint density at radius 1 is 0.455 bits per heavy atom. The molecule has 2 aromatic carbocycles. The quantitative estimate of drug-likeness (QED) is 0.171. The van der Waals surface area contributed by atoms with Gasteiger partial charge in [-0.2, -0.15) is 0 Å². The number of anilines is 1. The first kappa shape index (κ1) is 27.7. The summed E-state index contributed by atoms with van der Waals surface area (Å²) in [7, 11) is 0. The molecule has 0 aliphatic rings. The molecule has 0 saturated heterocycles. The number of hydrogen-bond acceptors (Lipinski definition) is 1. The Kier molecular flexibility index (Phi) is 15.9. The second-order valence-corrected chi connectivity index (χ2v) is 10.2. The van der Waals surface area contributed by atoms with Crippen molar-refractivity contribution < 1.29 is 0 Å². The normalized spacial score (nSPS) is 11.3. The van der Waals surface area contributed by atoms with Crippen LogP contribution < -0.4 is 4.90 Å². The van der Waals surface area contributed by atoms with Crippen molar-refractivity contribution in [3.63, 3.8) is 0 Å². The van der Waals surface area contributed by atoms with E-state index < -0.39 is 0 Å². The number of rotatable bonds is 21. The molecule has 1 nitrogen and oxygen atoms in total. The summed E-state index contributed by atoms with van der Waals surface area (Å²) in [6.07, 6.45) is 25.3. The highest BCUT2D eigenvalue weighted by Crippen LogP contribution is 2.23. The second kappa shape index (κ2) is 18.9. The molecule has 0 bridgehead atoms. The Bertz CT molecular complexity index is 684. The number of nitrogens with zero attached hydrogens (tertiary/aromatic N) is 1. The SMILES string of the molecule is CCCCCCCCCCCN(CCCCCCCCCCC)c1ccc2ccccc2c1. The summed E-state index contributed by atoms with van der Waals surface area (Å²) < 4.78 is 0. The van der Waals surface area contributed by atoms with Crippen LogP contribution in [0.25, 0.3) is 10.8 Å². The molecule has 0 spiro atoms. The summed E-state index contributed by atoms with van der Waals surface area (Å²) in [6.45, 7) is 7.03. The zero-order valence-corrected chi connectivity index (χ0v) is 22.1. The largest absolute Gasteiger partial charge is 0.372 e. The third kappa shape index (κ3) is 12.5. The molecule has 1 heteroatoms. The maximum Gasteiger partial charge on any atom is 0.0372 e. The molecule has 33 heavy (non-hydrogen) atoms. The van der Waals surface area contributed by atoms with Gasteiger partial charge in [-0.05, 0) is 35.7 Å². The van der Waals surface area contributed by atoms with Gasteiger partial charge in [-0.15, -0.1) is 0 Å². The molecule has 0 aliphatic heterocycles. The van der Waals surface area contributed by atoms with Crippen molar-refractivity contribution in [2.75, 3.05) is 18.0 Å². The molecule has 0 amide bonds.